The van der Waals surface area contributed by atoms with Gasteiger partial charge in [0.15, 0.2) is 6.10 Å². The van der Waals surface area contributed by atoms with Crippen LogP contribution in [0.3, 0.4) is 0 Å². The summed E-state index contributed by atoms with van der Waals surface area (Å²) in [7, 11) is 3.93. The molecule has 0 N–H and O–H groups in total. The summed E-state index contributed by atoms with van der Waals surface area (Å²) in [4.78, 5) is 16.5. The van der Waals surface area contributed by atoms with Gasteiger partial charge in [0, 0.05) is 44.1 Å². The Bertz CT molecular complexity index is 734. The molecule has 1 heterocycles. The Balaban J connectivity index is 1.91. The zero-order chi connectivity index (χ0) is 17.3. The fourth-order valence-corrected chi connectivity index (χ4v) is 3.16. The van der Waals surface area contributed by atoms with Gasteiger partial charge < -0.3 is 14.5 Å². The first-order chi connectivity index (χ1) is 11.5. The molecule has 1 aliphatic heterocycles. The topological polar surface area (TPSA) is 32.8 Å². The number of esters is 1. The number of hydrogen-bond acceptors (Lipinski definition) is 4. The number of cyclic esters (lactones) is 1. The second-order valence-corrected chi connectivity index (χ2v) is 6.22. The van der Waals surface area contributed by atoms with Crippen molar-refractivity contribution in [1.82, 2.24) is 0 Å². The van der Waals surface area contributed by atoms with Gasteiger partial charge in [0.05, 0.1) is 5.56 Å². The highest BCUT2D eigenvalue weighted by molar-refractivity contribution is 5.95. The summed E-state index contributed by atoms with van der Waals surface area (Å²) in [6.45, 7) is 6.25. The molecule has 24 heavy (non-hydrogen) atoms. The lowest BCUT2D eigenvalue weighted by Crippen LogP contribution is -2.21. The molecular weight excluding hydrogens is 300 g/mol. The van der Waals surface area contributed by atoms with E-state index in [0.29, 0.717) is 5.56 Å². The highest BCUT2D eigenvalue weighted by Gasteiger charge is 2.32. The van der Waals surface area contributed by atoms with Crippen LogP contribution in [0, 0.1) is 0 Å². The van der Waals surface area contributed by atoms with Gasteiger partial charge in [0.2, 0.25) is 0 Å². The zero-order valence-corrected chi connectivity index (χ0v) is 14.7. The number of carbonyl (C=O) groups excluding carboxylic acids is 1. The zero-order valence-electron chi connectivity index (χ0n) is 14.7. The predicted octanol–water partition coefficient (Wildman–Crippen LogP) is 3.86. The van der Waals surface area contributed by atoms with Gasteiger partial charge in [-0.25, -0.2) is 4.79 Å². The molecule has 2 aromatic rings. The fraction of sp³-hybridized carbons (Fsp3) is 0.350. The lowest BCUT2D eigenvalue weighted by Gasteiger charge is -2.21. The third kappa shape index (κ3) is 2.84. The van der Waals surface area contributed by atoms with Crippen molar-refractivity contribution in [1.29, 1.82) is 0 Å². The van der Waals surface area contributed by atoms with Crippen molar-refractivity contribution in [3.8, 4) is 0 Å². The average Bonchev–Trinajstić information content (AvgIpc) is 2.93. The maximum atomic E-state index is 12.2. The van der Waals surface area contributed by atoms with Crippen LogP contribution >= 0.6 is 0 Å². The van der Waals surface area contributed by atoms with Gasteiger partial charge in [-0.05, 0) is 43.7 Å². The molecule has 1 unspecified atom stereocenters. The van der Waals surface area contributed by atoms with E-state index in [2.05, 4.69) is 43.0 Å². The van der Waals surface area contributed by atoms with Crippen molar-refractivity contribution in [2.24, 2.45) is 0 Å². The number of rotatable bonds is 5. The van der Waals surface area contributed by atoms with Gasteiger partial charge in [0.1, 0.15) is 0 Å². The van der Waals surface area contributed by atoms with Crippen LogP contribution in [0.5, 0.6) is 0 Å². The summed E-state index contributed by atoms with van der Waals surface area (Å²) in [5, 5.41) is 0. The lowest BCUT2D eigenvalue weighted by atomic mass is 9.98. The van der Waals surface area contributed by atoms with Crippen molar-refractivity contribution in [2.45, 2.75) is 20.0 Å². The van der Waals surface area contributed by atoms with E-state index < -0.39 is 0 Å². The maximum absolute atomic E-state index is 12.2. The number of hydrogen-bond donors (Lipinski definition) is 0. The molecular formula is C20H24N2O2. The molecule has 2 aromatic carbocycles. The Morgan fingerprint density at radius 3 is 2.17 bits per heavy atom. The molecule has 0 aromatic heterocycles. The van der Waals surface area contributed by atoms with Crippen LogP contribution < -0.4 is 9.80 Å². The van der Waals surface area contributed by atoms with Gasteiger partial charge in [0.25, 0.3) is 0 Å². The molecule has 1 aliphatic rings. The second-order valence-electron chi connectivity index (χ2n) is 6.22. The Labute approximate surface area is 143 Å². The molecule has 0 amide bonds. The molecule has 0 bridgehead atoms. The number of anilines is 2. The molecule has 0 radical (unpaired) electrons. The van der Waals surface area contributed by atoms with Gasteiger partial charge in [-0.1, -0.05) is 18.2 Å². The summed E-state index contributed by atoms with van der Waals surface area (Å²) in [5.41, 5.74) is 4.82. The van der Waals surface area contributed by atoms with Gasteiger partial charge in [-0.3, -0.25) is 0 Å². The first kappa shape index (κ1) is 16.4. The highest BCUT2D eigenvalue weighted by Crippen LogP contribution is 2.37. The molecule has 0 spiro atoms. The summed E-state index contributed by atoms with van der Waals surface area (Å²) < 4.78 is 5.63. The Morgan fingerprint density at radius 1 is 0.958 bits per heavy atom. The highest BCUT2D eigenvalue weighted by atomic mass is 16.5. The number of fused-ring (bicyclic) bond motifs is 1. The van der Waals surface area contributed by atoms with Crippen molar-refractivity contribution in [3.63, 3.8) is 0 Å². The first-order valence-electron chi connectivity index (χ1n) is 8.42. The van der Waals surface area contributed by atoms with Crippen LogP contribution in [-0.4, -0.2) is 33.2 Å². The summed E-state index contributed by atoms with van der Waals surface area (Å²) >= 11 is 0. The molecule has 126 valence electrons. The summed E-state index contributed by atoms with van der Waals surface area (Å²) in [6.07, 6.45) is -0.311. The van der Waals surface area contributed by atoms with Crippen LogP contribution in [0.15, 0.2) is 42.5 Å². The number of benzene rings is 2. The fourth-order valence-electron chi connectivity index (χ4n) is 3.16. The average molecular weight is 324 g/mol. The third-order valence-electron chi connectivity index (χ3n) is 4.60. The number of nitrogens with zero attached hydrogens (tertiary/aromatic N) is 2. The van der Waals surface area contributed by atoms with E-state index in [1.807, 2.05) is 37.2 Å². The monoisotopic (exact) mass is 324 g/mol. The largest absolute Gasteiger partial charge is 0.449 e. The van der Waals surface area contributed by atoms with E-state index in [-0.39, 0.29) is 12.1 Å². The number of ether oxygens (including phenoxy) is 1. The van der Waals surface area contributed by atoms with Crippen molar-refractivity contribution in [2.75, 3.05) is 37.0 Å². The minimum atomic E-state index is -0.311. The van der Waals surface area contributed by atoms with E-state index in [1.165, 1.54) is 5.69 Å². The van der Waals surface area contributed by atoms with E-state index in [4.69, 9.17) is 4.74 Å². The van der Waals surface area contributed by atoms with Gasteiger partial charge >= 0.3 is 5.97 Å². The molecule has 4 nitrogen and oxygen atoms in total. The first-order valence-corrected chi connectivity index (χ1v) is 8.42. The molecule has 0 fully saturated rings. The standard InChI is InChI=1S/C20H24N2O2/c1-5-22(6-2)15-9-7-14(8-10-15)19-17-12-11-16(21(3)4)13-18(17)20(23)24-19/h7-13,19H,5-6H2,1-4H3. The normalized spacial score (nSPS) is 15.8. The minimum absolute atomic E-state index is 0.244. The quantitative estimate of drug-likeness (QED) is 0.782. The van der Waals surface area contributed by atoms with E-state index in [9.17, 15) is 4.79 Å². The SMILES string of the molecule is CCN(CC)c1ccc(C2OC(=O)c3cc(N(C)C)ccc32)cc1. The second kappa shape index (κ2) is 6.56. The van der Waals surface area contributed by atoms with Crippen LogP contribution in [0.25, 0.3) is 0 Å². The Morgan fingerprint density at radius 2 is 1.58 bits per heavy atom. The van der Waals surface area contributed by atoms with Crippen molar-refractivity contribution in [3.05, 3.63) is 59.2 Å². The van der Waals surface area contributed by atoms with Crippen LogP contribution in [0.4, 0.5) is 11.4 Å². The van der Waals surface area contributed by atoms with E-state index in [0.717, 1.165) is 29.9 Å². The molecule has 4 heteroatoms. The number of carbonyl (C=O) groups is 1. The summed E-state index contributed by atoms with van der Waals surface area (Å²) in [6, 6.07) is 14.2. The van der Waals surface area contributed by atoms with Crippen LogP contribution in [-0.2, 0) is 4.74 Å². The van der Waals surface area contributed by atoms with Gasteiger partial charge in [-0.2, -0.15) is 0 Å². The molecule has 0 saturated carbocycles. The molecule has 0 saturated heterocycles. The molecule has 0 aliphatic carbocycles. The van der Waals surface area contributed by atoms with Gasteiger partial charge in [-0.15, -0.1) is 0 Å². The molecule has 3 rings (SSSR count). The molecule has 1 atom stereocenters. The van der Waals surface area contributed by atoms with Crippen LogP contribution in [0.2, 0.25) is 0 Å². The maximum Gasteiger partial charge on any atom is 0.339 e. The van der Waals surface area contributed by atoms with E-state index in [1.54, 1.807) is 0 Å². The predicted molar refractivity (Wildman–Crippen MR) is 98.0 cm³/mol. The smallest absolute Gasteiger partial charge is 0.339 e. The van der Waals surface area contributed by atoms with Crippen molar-refractivity contribution >= 4 is 17.3 Å². The van der Waals surface area contributed by atoms with Crippen LogP contribution in [0.1, 0.15) is 41.4 Å². The lowest BCUT2D eigenvalue weighted by molar-refractivity contribution is 0.0456. The van der Waals surface area contributed by atoms with E-state index >= 15 is 0 Å². The Hall–Kier alpha value is -2.49. The third-order valence-corrected chi connectivity index (χ3v) is 4.60. The van der Waals surface area contributed by atoms with Crippen molar-refractivity contribution < 1.29 is 9.53 Å². The Kier molecular flexibility index (Phi) is 4.47. The minimum Gasteiger partial charge on any atom is -0.449 e. The summed E-state index contributed by atoms with van der Waals surface area (Å²) in [5.74, 6) is -0.244.